The highest BCUT2D eigenvalue weighted by Gasteiger charge is 2.26. The molecule has 0 unspecified atom stereocenters. The van der Waals surface area contributed by atoms with Crippen LogP contribution >= 0.6 is 23.5 Å². The van der Waals surface area contributed by atoms with Crippen LogP contribution in [0.25, 0.3) is 21.5 Å². The number of nitrogens with one attached hydrogen (secondary N) is 1. The largest absolute Gasteiger partial charge is 0.384 e. The third-order valence-corrected chi connectivity index (χ3v) is 8.55. The standard InChI is InChI=1S/C31H30N2OS2/c1-4-21(19-28-33(6-3)27-18-16-23-12-8-10-14-25(23)31(27)35-28)20-29(34)36-30-24-13-9-7-11-22(24)15-17-26(30)32-5-2/h7-20,32H,4-6H2,1-3H3/b21-20+,28-19+. The highest BCUT2D eigenvalue weighted by molar-refractivity contribution is 8.14. The van der Waals surface area contributed by atoms with Crippen molar-refractivity contribution in [1.29, 1.82) is 0 Å². The summed E-state index contributed by atoms with van der Waals surface area (Å²) in [6, 6.07) is 25.4. The van der Waals surface area contributed by atoms with E-state index in [1.54, 1.807) is 11.8 Å². The number of thioether (sulfide) groups is 2. The zero-order chi connectivity index (χ0) is 25.1. The molecule has 0 fully saturated rings. The normalized spacial score (nSPS) is 14.6. The maximum atomic E-state index is 13.3. The third kappa shape index (κ3) is 4.78. The summed E-state index contributed by atoms with van der Waals surface area (Å²) >= 11 is 3.11. The number of rotatable bonds is 7. The number of fused-ring (bicyclic) bond motifs is 4. The zero-order valence-corrected chi connectivity index (χ0v) is 22.5. The summed E-state index contributed by atoms with van der Waals surface area (Å²) in [5.41, 5.74) is 3.29. The van der Waals surface area contributed by atoms with Gasteiger partial charge in [0.05, 0.1) is 10.7 Å². The maximum Gasteiger partial charge on any atom is 0.217 e. The maximum absolute atomic E-state index is 13.3. The first-order valence-electron chi connectivity index (χ1n) is 12.5. The molecule has 1 aliphatic rings. The van der Waals surface area contributed by atoms with Crippen molar-refractivity contribution in [2.75, 3.05) is 23.3 Å². The minimum absolute atomic E-state index is 0.0493. The SMILES string of the molecule is CCNc1ccc2ccccc2c1SC(=O)/C=C(/C=C1/Sc2c(ccc3ccccc23)N1CC)CC. The Labute approximate surface area is 221 Å². The van der Waals surface area contributed by atoms with Gasteiger partial charge in [0.2, 0.25) is 5.12 Å². The van der Waals surface area contributed by atoms with Crippen LogP contribution in [0.3, 0.4) is 0 Å². The number of allylic oxidation sites excluding steroid dienone is 2. The number of benzene rings is 4. The van der Waals surface area contributed by atoms with Gasteiger partial charge in [0.15, 0.2) is 0 Å². The molecule has 5 heteroatoms. The summed E-state index contributed by atoms with van der Waals surface area (Å²) in [6.07, 6.45) is 4.79. The van der Waals surface area contributed by atoms with Crippen molar-refractivity contribution < 1.29 is 4.79 Å². The van der Waals surface area contributed by atoms with Gasteiger partial charge in [-0.25, -0.2) is 0 Å². The fourth-order valence-electron chi connectivity index (χ4n) is 4.63. The van der Waals surface area contributed by atoms with Crippen molar-refractivity contribution in [3.8, 4) is 0 Å². The number of carbonyl (C=O) groups is 1. The van der Waals surface area contributed by atoms with Crippen LogP contribution in [0.4, 0.5) is 11.4 Å². The molecule has 36 heavy (non-hydrogen) atoms. The molecule has 0 saturated carbocycles. The van der Waals surface area contributed by atoms with Gasteiger partial charge in [-0.2, -0.15) is 0 Å². The van der Waals surface area contributed by atoms with Crippen LogP contribution in [0.2, 0.25) is 0 Å². The fraction of sp³-hybridized carbons (Fsp3) is 0.194. The van der Waals surface area contributed by atoms with E-state index in [2.05, 4.69) is 97.7 Å². The van der Waals surface area contributed by atoms with Crippen LogP contribution in [-0.2, 0) is 4.79 Å². The highest BCUT2D eigenvalue weighted by Crippen LogP contribution is 2.49. The van der Waals surface area contributed by atoms with Crippen molar-refractivity contribution in [1.82, 2.24) is 0 Å². The predicted octanol–water partition coefficient (Wildman–Crippen LogP) is 8.85. The van der Waals surface area contributed by atoms with Crippen LogP contribution in [0.1, 0.15) is 27.2 Å². The summed E-state index contributed by atoms with van der Waals surface area (Å²) in [5.74, 6) is 0. The van der Waals surface area contributed by atoms with E-state index in [4.69, 9.17) is 0 Å². The minimum Gasteiger partial charge on any atom is -0.384 e. The number of anilines is 2. The molecular formula is C31H30N2OS2. The summed E-state index contributed by atoms with van der Waals surface area (Å²) in [5, 5.41) is 9.42. The van der Waals surface area contributed by atoms with Crippen LogP contribution in [0.5, 0.6) is 0 Å². The Morgan fingerprint density at radius 1 is 0.917 bits per heavy atom. The van der Waals surface area contributed by atoms with Gasteiger partial charge in [0.1, 0.15) is 0 Å². The molecule has 1 N–H and O–H groups in total. The van der Waals surface area contributed by atoms with Gasteiger partial charge in [0.25, 0.3) is 0 Å². The molecule has 1 heterocycles. The number of nitrogens with zero attached hydrogens (tertiary/aromatic N) is 1. The molecule has 0 aliphatic carbocycles. The molecule has 0 spiro atoms. The van der Waals surface area contributed by atoms with E-state index in [1.807, 2.05) is 18.2 Å². The molecule has 5 rings (SSSR count). The second-order valence-electron chi connectivity index (χ2n) is 8.65. The predicted molar refractivity (Wildman–Crippen MR) is 158 cm³/mol. The van der Waals surface area contributed by atoms with Gasteiger partial charge < -0.3 is 10.2 Å². The molecule has 182 valence electrons. The van der Waals surface area contributed by atoms with Gasteiger partial charge in [-0.15, -0.1) is 0 Å². The van der Waals surface area contributed by atoms with E-state index in [0.717, 1.165) is 46.4 Å². The third-order valence-electron chi connectivity index (χ3n) is 6.41. The average Bonchev–Trinajstić information content (AvgIpc) is 3.27. The Morgan fingerprint density at radius 2 is 1.61 bits per heavy atom. The molecule has 1 aliphatic heterocycles. The van der Waals surface area contributed by atoms with Crippen molar-refractivity contribution in [3.05, 3.63) is 95.6 Å². The summed E-state index contributed by atoms with van der Waals surface area (Å²) < 4.78 is 0. The van der Waals surface area contributed by atoms with E-state index in [1.165, 1.54) is 38.1 Å². The van der Waals surface area contributed by atoms with Crippen molar-refractivity contribution in [2.45, 2.75) is 37.0 Å². The lowest BCUT2D eigenvalue weighted by Gasteiger charge is -2.18. The number of carbonyl (C=O) groups excluding carboxylic acids is 1. The summed E-state index contributed by atoms with van der Waals surface area (Å²) in [7, 11) is 0. The van der Waals surface area contributed by atoms with E-state index in [9.17, 15) is 4.79 Å². The number of hydrogen-bond acceptors (Lipinski definition) is 5. The smallest absolute Gasteiger partial charge is 0.217 e. The van der Waals surface area contributed by atoms with Gasteiger partial charge in [-0.1, -0.05) is 79.3 Å². The Bertz CT molecular complexity index is 1510. The number of hydrogen-bond donors (Lipinski definition) is 1. The lowest BCUT2D eigenvalue weighted by Crippen LogP contribution is -2.16. The zero-order valence-electron chi connectivity index (χ0n) is 20.9. The van der Waals surface area contributed by atoms with E-state index >= 15 is 0 Å². The fourth-order valence-corrected chi connectivity index (χ4v) is 6.92. The second kappa shape index (κ2) is 10.9. The average molecular weight is 511 g/mol. The van der Waals surface area contributed by atoms with Crippen LogP contribution in [0.15, 0.2) is 105 Å². The van der Waals surface area contributed by atoms with E-state index < -0.39 is 0 Å². The van der Waals surface area contributed by atoms with Gasteiger partial charge in [0, 0.05) is 28.6 Å². The topological polar surface area (TPSA) is 32.3 Å². The first kappa shape index (κ1) is 24.5. The summed E-state index contributed by atoms with van der Waals surface area (Å²) in [6.45, 7) is 8.05. The van der Waals surface area contributed by atoms with Crippen LogP contribution in [-0.4, -0.2) is 18.2 Å². The van der Waals surface area contributed by atoms with Gasteiger partial charge in [-0.05, 0) is 83.4 Å². The summed E-state index contributed by atoms with van der Waals surface area (Å²) in [4.78, 5) is 17.9. The Balaban J connectivity index is 1.46. The lowest BCUT2D eigenvalue weighted by molar-refractivity contribution is -0.107. The minimum atomic E-state index is 0.0493. The van der Waals surface area contributed by atoms with Gasteiger partial charge in [-0.3, -0.25) is 4.79 Å². The van der Waals surface area contributed by atoms with E-state index in [0.29, 0.717) is 0 Å². The highest BCUT2D eigenvalue weighted by atomic mass is 32.2. The molecule has 4 aromatic carbocycles. The molecule has 3 nitrogen and oxygen atoms in total. The Kier molecular flexibility index (Phi) is 7.40. The van der Waals surface area contributed by atoms with Gasteiger partial charge >= 0.3 is 0 Å². The van der Waals surface area contributed by atoms with Crippen molar-refractivity contribution in [2.24, 2.45) is 0 Å². The first-order valence-corrected chi connectivity index (χ1v) is 14.1. The van der Waals surface area contributed by atoms with Crippen molar-refractivity contribution >= 4 is 61.6 Å². The Morgan fingerprint density at radius 3 is 2.33 bits per heavy atom. The molecule has 0 saturated heterocycles. The molecule has 4 aromatic rings. The van der Waals surface area contributed by atoms with Crippen LogP contribution in [0, 0.1) is 0 Å². The first-order chi connectivity index (χ1) is 17.6. The molecule has 0 bridgehead atoms. The molecule has 0 amide bonds. The molecular weight excluding hydrogens is 480 g/mol. The molecule has 0 aromatic heterocycles. The quantitative estimate of drug-likeness (QED) is 0.198. The molecule has 0 atom stereocenters. The van der Waals surface area contributed by atoms with Crippen molar-refractivity contribution in [3.63, 3.8) is 0 Å². The second-order valence-corrected chi connectivity index (χ2v) is 10.7. The molecule has 0 radical (unpaired) electrons. The monoisotopic (exact) mass is 510 g/mol. The Hall–Kier alpha value is -3.15. The van der Waals surface area contributed by atoms with E-state index in [-0.39, 0.29) is 5.12 Å². The van der Waals surface area contributed by atoms with Crippen LogP contribution < -0.4 is 10.2 Å². The lowest BCUT2D eigenvalue weighted by atomic mass is 10.1.